The fourth-order valence-corrected chi connectivity index (χ4v) is 3.29. The molecule has 0 radical (unpaired) electrons. The van der Waals surface area contributed by atoms with Gasteiger partial charge in [0.1, 0.15) is 12.4 Å². The van der Waals surface area contributed by atoms with Gasteiger partial charge in [0, 0.05) is 21.3 Å². The number of methoxy groups -OCH3 is 2. The monoisotopic (exact) mass is 501 g/mol. The summed E-state index contributed by atoms with van der Waals surface area (Å²) in [5, 5.41) is 7.29. The third-order valence-electron chi connectivity index (χ3n) is 4.56. The van der Waals surface area contributed by atoms with Gasteiger partial charge in [0.25, 0.3) is 0 Å². The van der Waals surface area contributed by atoms with Crippen molar-refractivity contribution in [2.24, 2.45) is 5.10 Å². The molecule has 0 aromatic heterocycles. The Balaban J connectivity index is 1.57. The van der Waals surface area contributed by atoms with Crippen LogP contribution < -0.4 is 25.0 Å². The third-order valence-corrected chi connectivity index (χ3v) is 5.26. The number of hydrogen-bond donors (Lipinski definition) is 2. The Bertz CT molecular complexity index is 1180. The smallest absolute Gasteiger partial charge is 0.329 e. The molecular formula is C24H21Cl2N3O5. The number of carbonyl (C=O) groups excluding carboxylic acids is 2. The average molecular weight is 502 g/mol. The van der Waals surface area contributed by atoms with Gasteiger partial charge in [0.05, 0.1) is 20.4 Å². The van der Waals surface area contributed by atoms with Gasteiger partial charge < -0.3 is 19.5 Å². The van der Waals surface area contributed by atoms with E-state index >= 15 is 0 Å². The normalized spacial score (nSPS) is 10.6. The van der Waals surface area contributed by atoms with Crippen molar-refractivity contribution in [1.82, 2.24) is 5.43 Å². The Labute approximate surface area is 206 Å². The maximum atomic E-state index is 12.0. The van der Waals surface area contributed by atoms with Gasteiger partial charge >= 0.3 is 11.8 Å². The number of ether oxygens (including phenoxy) is 3. The molecule has 3 rings (SSSR count). The maximum Gasteiger partial charge on any atom is 0.329 e. The van der Waals surface area contributed by atoms with Crippen molar-refractivity contribution in [3.8, 4) is 17.2 Å². The summed E-state index contributed by atoms with van der Waals surface area (Å²) >= 11 is 12.4. The molecule has 10 heteroatoms. The van der Waals surface area contributed by atoms with E-state index in [0.29, 0.717) is 44.1 Å². The number of nitrogens with one attached hydrogen (secondary N) is 2. The van der Waals surface area contributed by atoms with Gasteiger partial charge in [0.2, 0.25) is 0 Å². The molecule has 0 unspecified atom stereocenters. The second kappa shape index (κ2) is 11.9. The number of anilines is 1. The number of amides is 2. The summed E-state index contributed by atoms with van der Waals surface area (Å²) in [7, 11) is 3.03. The molecule has 0 spiro atoms. The van der Waals surface area contributed by atoms with Crippen LogP contribution in [0.2, 0.25) is 10.0 Å². The molecule has 3 aromatic carbocycles. The molecule has 2 amide bonds. The van der Waals surface area contributed by atoms with Gasteiger partial charge in [-0.3, -0.25) is 9.59 Å². The molecule has 0 saturated carbocycles. The molecule has 0 heterocycles. The minimum atomic E-state index is -0.921. The first-order valence-corrected chi connectivity index (χ1v) is 10.7. The van der Waals surface area contributed by atoms with Crippen molar-refractivity contribution in [2.75, 3.05) is 19.5 Å². The lowest BCUT2D eigenvalue weighted by Gasteiger charge is -2.13. The lowest BCUT2D eigenvalue weighted by molar-refractivity contribution is -0.136. The highest BCUT2D eigenvalue weighted by Gasteiger charge is 2.13. The van der Waals surface area contributed by atoms with E-state index in [1.54, 1.807) is 60.7 Å². The van der Waals surface area contributed by atoms with E-state index in [0.717, 1.165) is 0 Å². The predicted molar refractivity (Wildman–Crippen MR) is 131 cm³/mol. The first kappa shape index (κ1) is 24.9. The second-order valence-electron chi connectivity index (χ2n) is 6.78. The average Bonchev–Trinajstić information content (AvgIpc) is 2.84. The van der Waals surface area contributed by atoms with Gasteiger partial charge in [-0.2, -0.15) is 5.10 Å². The minimum Gasteiger partial charge on any atom is -0.497 e. The summed E-state index contributed by atoms with van der Waals surface area (Å²) in [6, 6.07) is 16.8. The quantitative estimate of drug-likeness (QED) is 0.265. The number of hydrogen-bond acceptors (Lipinski definition) is 6. The number of hydrazone groups is 1. The topological polar surface area (TPSA) is 98.2 Å². The van der Waals surface area contributed by atoms with E-state index in [4.69, 9.17) is 37.4 Å². The molecule has 0 aliphatic rings. The Morgan fingerprint density at radius 2 is 1.62 bits per heavy atom. The number of carbonyl (C=O) groups is 2. The molecule has 0 aliphatic heterocycles. The van der Waals surface area contributed by atoms with E-state index in [1.807, 2.05) is 0 Å². The van der Waals surface area contributed by atoms with Crippen LogP contribution in [-0.4, -0.2) is 32.2 Å². The van der Waals surface area contributed by atoms with Crippen molar-refractivity contribution in [2.45, 2.75) is 6.61 Å². The molecule has 0 atom stereocenters. The molecule has 34 heavy (non-hydrogen) atoms. The van der Waals surface area contributed by atoms with Crippen molar-refractivity contribution >= 4 is 46.9 Å². The molecule has 0 saturated heterocycles. The second-order valence-corrected chi connectivity index (χ2v) is 7.60. The Kier molecular flexibility index (Phi) is 8.73. The highest BCUT2D eigenvalue weighted by molar-refractivity contribution is 6.39. The summed E-state index contributed by atoms with van der Waals surface area (Å²) in [6.07, 6.45) is 1.37. The standard InChI is InChI=1S/C24H21Cl2N3O5/c1-32-17-9-7-16(8-10-17)28-23(30)24(31)29-27-13-15-6-11-21(22(12-15)33-2)34-14-18-19(25)4-3-5-20(18)26/h3-13H,14H2,1-2H3,(H,28,30)(H,29,31). The highest BCUT2D eigenvalue weighted by atomic mass is 35.5. The van der Waals surface area contributed by atoms with Crippen molar-refractivity contribution in [3.63, 3.8) is 0 Å². The molecule has 2 N–H and O–H groups in total. The van der Waals surface area contributed by atoms with Crippen LogP contribution >= 0.6 is 23.2 Å². The van der Waals surface area contributed by atoms with Gasteiger partial charge in [-0.05, 0) is 60.2 Å². The maximum absolute atomic E-state index is 12.0. The van der Waals surface area contributed by atoms with E-state index in [2.05, 4.69) is 15.8 Å². The predicted octanol–water partition coefficient (Wildman–Crippen LogP) is 4.68. The molecule has 0 aliphatic carbocycles. The fraction of sp³-hybridized carbons (Fsp3) is 0.125. The lowest BCUT2D eigenvalue weighted by Crippen LogP contribution is -2.32. The van der Waals surface area contributed by atoms with Crippen LogP contribution in [0, 0.1) is 0 Å². The Morgan fingerprint density at radius 3 is 2.26 bits per heavy atom. The summed E-state index contributed by atoms with van der Waals surface area (Å²) in [5.74, 6) is -0.238. The number of nitrogens with zero attached hydrogens (tertiary/aromatic N) is 1. The van der Waals surface area contributed by atoms with Crippen molar-refractivity contribution in [3.05, 3.63) is 81.8 Å². The first-order chi connectivity index (χ1) is 16.4. The van der Waals surface area contributed by atoms with Crippen LogP contribution in [0.25, 0.3) is 0 Å². The van der Waals surface area contributed by atoms with Gasteiger partial charge in [-0.1, -0.05) is 29.3 Å². The van der Waals surface area contributed by atoms with Crippen LogP contribution in [0.5, 0.6) is 17.2 Å². The zero-order valence-electron chi connectivity index (χ0n) is 18.3. The molecule has 8 nitrogen and oxygen atoms in total. The summed E-state index contributed by atoms with van der Waals surface area (Å²) in [5.41, 5.74) is 3.89. The molecule has 3 aromatic rings. The lowest BCUT2D eigenvalue weighted by atomic mass is 10.2. The molecule has 0 fully saturated rings. The third kappa shape index (κ3) is 6.63. The Hall–Kier alpha value is -3.75. The highest BCUT2D eigenvalue weighted by Crippen LogP contribution is 2.31. The van der Waals surface area contributed by atoms with Crippen LogP contribution in [0.15, 0.2) is 65.8 Å². The summed E-state index contributed by atoms with van der Waals surface area (Å²) in [6.45, 7) is 0.154. The van der Waals surface area contributed by atoms with E-state index in [-0.39, 0.29) is 6.61 Å². The van der Waals surface area contributed by atoms with Crippen molar-refractivity contribution < 1.29 is 23.8 Å². The van der Waals surface area contributed by atoms with E-state index in [1.165, 1.54) is 20.4 Å². The van der Waals surface area contributed by atoms with Gasteiger partial charge in [-0.15, -0.1) is 0 Å². The number of halogens is 2. The first-order valence-electron chi connectivity index (χ1n) is 9.93. The minimum absolute atomic E-state index is 0.154. The van der Waals surface area contributed by atoms with Crippen LogP contribution in [0.3, 0.4) is 0 Å². The van der Waals surface area contributed by atoms with Crippen LogP contribution in [0.1, 0.15) is 11.1 Å². The molecular weight excluding hydrogens is 481 g/mol. The largest absolute Gasteiger partial charge is 0.497 e. The van der Waals surface area contributed by atoms with Crippen LogP contribution in [0.4, 0.5) is 5.69 Å². The van der Waals surface area contributed by atoms with Crippen LogP contribution in [-0.2, 0) is 16.2 Å². The molecule has 176 valence electrons. The molecule has 0 bridgehead atoms. The van der Waals surface area contributed by atoms with E-state index < -0.39 is 11.8 Å². The van der Waals surface area contributed by atoms with Crippen molar-refractivity contribution in [1.29, 1.82) is 0 Å². The van der Waals surface area contributed by atoms with Gasteiger partial charge in [0.15, 0.2) is 11.5 Å². The number of benzene rings is 3. The SMILES string of the molecule is COc1ccc(NC(=O)C(=O)NN=Cc2ccc(OCc3c(Cl)cccc3Cl)c(OC)c2)cc1. The fourth-order valence-electron chi connectivity index (χ4n) is 2.78. The zero-order valence-corrected chi connectivity index (χ0v) is 19.8. The van der Waals surface area contributed by atoms with Gasteiger partial charge in [-0.25, -0.2) is 5.43 Å². The zero-order chi connectivity index (χ0) is 24.5. The number of rotatable bonds is 8. The Morgan fingerprint density at radius 1 is 0.912 bits per heavy atom. The summed E-state index contributed by atoms with van der Waals surface area (Å²) in [4.78, 5) is 24.0. The van der Waals surface area contributed by atoms with E-state index in [9.17, 15) is 9.59 Å². The summed E-state index contributed by atoms with van der Waals surface area (Å²) < 4.78 is 16.2.